The minimum absolute atomic E-state index is 0.572. The Morgan fingerprint density at radius 2 is 0.551 bits per heavy atom. The molecule has 0 radical (unpaired) electrons. The maximum atomic E-state index is 6.86. The van der Waals surface area contributed by atoms with E-state index >= 15 is 0 Å². The highest BCUT2D eigenvalue weighted by Crippen LogP contribution is 2.68. The number of benzene rings is 12. The first-order chi connectivity index (χ1) is 38.7. The Morgan fingerprint density at radius 1 is 0.244 bits per heavy atom. The molecule has 0 bridgehead atoms. The number of rotatable bonds is 5. The molecule has 0 amide bonds. The molecule has 0 atom stereocenters. The molecule has 78 heavy (non-hydrogen) atoms. The fourth-order valence-electron chi connectivity index (χ4n) is 15.2. The summed E-state index contributed by atoms with van der Waals surface area (Å²) in [4.78, 5) is 5.26. The number of hydrogen-bond acceptors (Lipinski definition) is 3. The summed E-state index contributed by atoms with van der Waals surface area (Å²) in [7, 11) is 0. The van der Waals surface area contributed by atoms with Crippen LogP contribution < -0.4 is 9.64 Å². The van der Waals surface area contributed by atoms with Crippen LogP contribution in [0.2, 0.25) is 0 Å². The van der Waals surface area contributed by atoms with Crippen LogP contribution in [0.25, 0.3) is 33.4 Å². The van der Waals surface area contributed by atoms with Crippen molar-refractivity contribution in [3.63, 3.8) is 0 Å². The fraction of sp³-hybridized carbons (Fsp3) is 0.0400. The number of fused-ring (bicyclic) bond motifs is 21. The van der Waals surface area contributed by atoms with Gasteiger partial charge in [-0.2, -0.15) is 0 Å². The van der Waals surface area contributed by atoms with Crippen molar-refractivity contribution in [3.8, 4) is 44.9 Å². The van der Waals surface area contributed by atoms with Gasteiger partial charge in [-0.25, -0.2) is 0 Å². The van der Waals surface area contributed by atoms with E-state index in [9.17, 15) is 0 Å². The van der Waals surface area contributed by atoms with Crippen molar-refractivity contribution in [2.75, 3.05) is 4.90 Å². The third-order valence-electron chi connectivity index (χ3n) is 17.9. The molecular formula is C75H47NOS. The van der Waals surface area contributed by atoms with Gasteiger partial charge in [-0.15, -0.1) is 0 Å². The van der Waals surface area contributed by atoms with Crippen LogP contribution in [0.3, 0.4) is 0 Å². The van der Waals surface area contributed by atoms with Crippen molar-refractivity contribution in [1.82, 2.24) is 0 Å². The van der Waals surface area contributed by atoms with Crippen LogP contribution in [0, 0.1) is 0 Å². The van der Waals surface area contributed by atoms with E-state index in [-0.39, 0.29) is 0 Å². The molecule has 12 aromatic carbocycles. The topological polar surface area (TPSA) is 12.5 Å². The van der Waals surface area contributed by atoms with Crippen molar-refractivity contribution in [2.45, 2.75) is 26.0 Å². The molecule has 0 fully saturated rings. The minimum atomic E-state index is -0.664. The van der Waals surface area contributed by atoms with Gasteiger partial charge in [0.25, 0.3) is 0 Å². The van der Waals surface area contributed by atoms with Crippen molar-refractivity contribution in [2.24, 2.45) is 0 Å². The Bertz CT molecular complexity index is 4150. The van der Waals surface area contributed by atoms with Crippen molar-refractivity contribution >= 4 is 28.8 Å². The lowest BCUT2D eigenvalue weighted by Gasteiger charge is -2.40. The highest BCUT2D eigenvalue weighted by molar-refractivity contribution is 7.99. The van der Waals surface area contributed by atoms with Gasteiger partial charge in [0.1, 0.15) is 11.5 Å². The molecule has 2 heterocycles. The second-order valence-corrected chi connectivity index (χ2v) is 22.3. The number of nitrogens with zero attached hydrogens (tertiary/aromatic N) is 1. The lowest BCUT2D eigenvalue weighted by atomic mass is 9.66. The molecule has 0 saturated heterocycles. The first-order valence-electron chi connectivity index (χ1n) is 27.1. The molecule has 2 spiro atoms. The summed E-state index contributed by atoms with van der Waals surface area (Å²) in [6, 6.07) is 107. The Labute approximate surface area is 458 Å². The Balaban J connectivity index is 1.04. The molecule has 17 rings (SSSR count). The van der Waals surface area contributed by atoms with E-state index in [0.29, 0.717) is 0 Å². The lowest BCUT2D eigenvalue weighted by molar-refractivity contribution is 0.436. The first kappa shape index (κ1) is 43.8. The summed E-state index contributed by atoms with van der Waals surface area (Å²) < 4.78 is 6.86. The molecule has 3 heteroatoms. The van der Waals surface area contributed by atoms with Gasteiger partial charge in [-0.1, -0.05) is 254 Å². The third-order valence-corrected chi connectivity index (χ3v) is 19.0. The highest BCUT2D eigenvalue weighted by Gasteiger charge is 2.55. The number of para-hydroxylation sites is 2. The maximum absolute atomic E-state index is 6.86. The predicted octanol–water partition coefficient (Wildman–Crippen LogP) is 18.8. The summed E-state index contributed by atoms with van der Waals surface area (Å²) in [5, 5.41) is 0. The zero-order valence-corrected chi connectivity index (χ0v) is 43.2. The zero-order chi connectivity index (χ0) is 51.2. The molecule has 0 N–H and O–H groups in total. The van der Waals surface area contributed by atoms with E-state index < -0.39 is 16.2 Å². The van der Waals surface area contributed by atoms with Gasteiger partial charge < -0.3 is 9.64 Å². The second-order valence-electron chi connectivity index (χ2n) is 21.2. The quantitative estimate of drug-likeness (QED) is 0.170. The number of hydrogen-bond donors (Lipinski definition) is 0. The largest absolute Gasteiger partial charge is 0.457 e. The normalized spacial score (nSPS) is 15.0. The van der Waals surface area contributed by atoms with Crippen LogP contribution in [0.1, 0.15) is 66.8 Å². The van der Waals surface area contributed by atoms with E-state index in [4.69, 9.17) is 4.74 Å². The number of anilines is 3. The Hall–Kier alpha value is -9.41. The SMILES string of the molecule is c1ccc(C2(c3ccccc3)c3ccccc3-c3c(N(c4cccc5c4-c4ccccc4C54c5ccccc5Oc5ccccc54)c4cccc5c4-c4ccccc4C54c5ccccc5Sc5ccccc54)cccc32)cc1. The van der Waals surface area contributed by atoms with Crippen LogP contribution >= 0.6 is 11.8 Å². The summed E-state index contributed by atoms with van der Waals surface area (Å²) >= 11 is 1.89. The average Bonchev–Trinajstić information content (AvgIpc) is 4.10. The van der Waals surface area contributed by atoms with Gasteiger partial charge in [-0.3, -0.25) is 0 Å². The first-order valence-corrected chi connectivity index (χ1v) is 27.9. The van der Waals surface area contributed by atoms with E-state index in [1.807, 2.05) is 11.8 Å². The van der Waals surface area contributed by atoms with Crippen molar-refractivity contribution in [3.05, 3.63) is 352 Å². The monoisotopic (exact) mass is 1010 g/mol. The van der Waals surface area contributed by atoms with Crippen LogP contribution in [-0.2, 0) is 16.2 Å². The summed E-state index contributed by atoms with van der Waals surface area (Å²) in [6.07, 6.45) is 0. The fourth-order valence-corrected chi connectivity index (χ4v) is 16.4. The molecule has 0 aromatic heterocycles. The predicted molar refractivity (Wildman–Crippen MR) is 317 cm³/mol. The molecule has 0 saturated carbocycles. The van der Waals surface area contributed by atoms with Crippen molar-refractivity contribution in [1.29, 1.82) is 0 Å². The van der Waals surface area contributed by atoms with Crippen molar-refractivity contribution < 1.29 is 4.74 Å². The smallest absolute Gasteiger partial charge is 0.132 e. The second kappa shape index (κ2) is 16.3. The third kappa shape index (κ3) is 5.43. The highest BCUT2D eigenvalue weighted by atomic mass is 32.2. The van der Waals surface area contributed by atoms with Gasteiger partial charge in [0.05, 0.1) is 33.3 Å². The van der Waals surface area contributed by atoms with Gasteiger partial charge in [0.2, 0.25) is 0 Å². The van der Waals surface area contributed by atoms with E-state index in [1.54, 1.807) is 0 Å². The standard InChI is InChI=1S/C75H47NOS/c1-3-24-48(25-4-1)73(49-26-5-2-6-27-49)53-31-10-7-28-50(53)70-60(73)38-21-41-63(70)76(64-42-22-39-61-71(64)51-29-8-11-32-54(51)74(61)56-34-13-17-44-66(56)77-67-45-18-14-35-57(67)74)65-43-23-40-62-72(65)52-30-9-12-33-55(52)75(62)58-36-15-19-46-68(58)78-69-47-20-16-37-59(69)75/h1-47H. The molecule has 364 valence electrons. The maximum Gasteiger partial charge on any atom is 0.132 e. The van der Waals surface area contributed by atoms with Crippen LogP contribution in [-0.4, -0.2) is 0 Å². The molecule has 0 unspecified atom stereocenters. The van der Waals surface area contributed by atoms with E-state index in [1.165, 1.54) is 98.8 Å². The van der Waals surface area contributed by atoms with Gasteiger partial charge in [0, 0.05) is 37.6 Å². The van der Waals surface area contributed by atoms with Crippen LogP contribution in [0.4, 0.5) is 17.1 Å². The summed E-state index contributed by atoms with van der Waals surface area (Å²) in [5.41, 5.74) is 23.9. The van der Waals surface area contributed by atoms with E-state index in [0.717, 1.165) is 39.7 Å². The lowest BCUT2D eigenvalue weighted by Crippen LogP contribution is -2.32. The van der Waals surface area contributed by atoms with Gasteiger partial charge in [0.15, 0.2) is 0 Å². The number of ether oxygens (including phenoxy) is 1. The van der Waals surface area contributed by atoms with Gasteiger partial charge in [-0.05, 0) is 115 Å². The Kier molecular flexibility index (Phi) is 9.15. The zero-order valence-electron chi connectivity index (χ0n) is 42.4. The molecule has 5 aliphatic rings. The molecule has 12 aromatic rings. The average molecular weight is 1010 g/mol. The molecule has 2 aliphatic heterocycles. The molecule has 3 aliphatic carbocycles. The van der Waals surface area contributed by atoms with E-state index in [2.05, 4.69) is 290 Å². The van der Waals surface area contributed by atoms with Gasteiger partial charge >= 0.3 is 0 Å². The van der Waals surface area contributed by atoms with Crippen LogP contribution in [0.15, 0.2) is 295 Å². The molecular weight excluding hydrogens is 963 g/mol. The molecule has 2 nitrogen and oxygen atoms in total. The summed E-state index contributed by atoms with van der Waals surface area (Å²) in [5.74, 6) is 1.76. The minimum Gasteiger partial charge on any atom is -0.457 e. The Morgan fingerprint density at radius 3 is 0.987 bits per heavy atom. The summed E-state index contributed by atoms with van der Waals surface area (Å²) in [6.45, 7) is 0. The van der Waals surface area contributed by atoms with Crippen LogP contribution in [0.5, 0.6) is 11.5 Å².